The lowest BCUT2D eigenvalue weighted by Gasteiger charge is -2.15. The number of ether oxygens (including phenoxy) is 6. The van der Waals surface area contributed by atoms with Gasteiger partial charge in [0.25, 0.3) is 21.6 Å². The largest absolute Gasteiger partial charge is 0.422 e. The first-order valence-corrected chi connectivity index (χ1v) is 25.0. The Morgan fingerprint density at radius 2 is 1.25 bits per heavy atom. The Morgan fingerprint density at radius 1 is 0.732 bits per heavy atom. The number of fused-ring (bicyclic) bond motifs is 3. The molecule has 71 heavy (non-hydrogen) atoms. The normalized spacial score (nSPS) is 11.7. The number of carbonyl (C=O) groups is 3. The number of pyridine rings is 1. The molecule has 6 rings (SSSR count). The van der Waals surface area contributed by atoms with E-state index < -0.39 is 33.1 Å². The van der Waals surface area contributed by atoms with Gasteiger partial charge in [0.2, 0.25) is 16.9 Å². The van der Waals surface area contributed by atoms with Crippen LogP contribution in [0.25, 0.3) is 33.0 Å². The van der Waals surface area contributed by atoms with Gasteiger partial charge in [-0.2, -0.15) is 13.0 Å². The van der Waals surface area contributed by atoms with E-state index in [1.807, 2.05) is 53.1 Å². The fourth-order valence-corrected chi connectivity index (χ4v) is 8.44. The molecule has 6 aromatic rings. The van der Waals surface area contributed by atoms with Gasteiger partial charge in [-0.05, 0) is 55.7 Å². The van der Waals surface area contributed by atoms with Crippen LogP contribution in [0.5, 0.6) is 5.75 Å². The first kappa shape index (κ1) is 53.9. The molecule has 0 fully saturated rings. The first-order valence-electron chi connectivity index (χ1n) is 23.3. The van der Waals surface area contributed by atoms with Crippen LogP contribution in [-0.4, -0.2) is 135 Å². The van der Waals surface area contributed by atoms with E-state index in [-0.39, 0.29) is 49.0 Å². The molecule has 0 aliphatic heterocycles. The molecule has 0 saturated heterocycles. The van der Waals surface area contributed by atoms with E-state index in [0.29, 0.717) is 141 Å². The molecule has 0 unspecified atom stereocenters. The number of amides is 2. The number of aromatic nitrogens is 5. The second kappa shape index (κ2) is 26.2. The molecule has 0 saturated carbocycles. The van der Waals surface area contributed by atoms with Crippen molar-refractivity contribution in [3.63, 3.8) is 0 Å². The van der Waals surface area contributed by atoms with Crippen molar-refractivity contribution in [1.29, 1.82) is 0 Å². The quantitative estimate of drug-likeness (QED) is 0.0132. The SMILES string of the molecule is Cc1cc(C(=O)NCCOCCOCCOCCOCCOCCNC(=O)CCCc2nc3c([nH]2)c(=O)n(C)c(=O)n3C)cc(C)c1OC(=O)c1c2ccccc2[n+](CCCS(=O)(=O)O)c2ccccc12. The highest BCUT2D eigenvalue weighted by molar-refractivity contribution is 7.85. The van der Waals surface area contributed by atoms with Crippen LogP contribution >= 0.6 is 0 Å². The van der Waals surface area contributed by atoms with Gasteiger partial charge in [-0.25, -0.2) is 14.6 Å². The minimum atomic E-state index is -4.14. The van der Waals surface area contributed by atoms with E-state index in [2.05, 4.69) is 20.6 Å². The maximum atomic E-state index is 14.0. The Morgan fingerprint density at radius 3 is 1.80 bits per heavy atom. The summed E-state index contributed by atoms with van der Waals surface area (Å²) in [6.07, 6.45) is 1.40. The predicted octanol–water partition coefficient (Wildman–Crippen LogP) is 2.62. The standard InChI is InChI=1S/C49H61N7O14S/c1-33-31-35(32-34(2)44(33)70-48(60)42-36-11-5-7-13-38(36)56(19-10-30-71(62,63)64)39-14-8-6-12-37(39)42)46(58)51-18-21-66-23-25-68-27-29-69-28-26-67-24-22-65-20-17-50-41(57)16-9-15-40-52-43-45(53-40)54(3)49(61)55(4)47(43)59/h5-8,11-14,31-32H,9-10,15-30H2,1-4H3,(H3-,50,51,52,53,57,58,59,62,63,64)/p+1. The highest BCUT2D eigenvalue weighted by Gasteiger charge is 2.27. The van der Waals surface area contributed by atoms with Crippen LogP contribution in [-0.2, 0) is 65.7 Å². The Hall–Kier alpha value is -6.40. The van der Waals surface area contributed by atoms with Gasteiger partial charge < -0.3 is 44.0 Å². The average molecular weight is 1010 g/mol. The number of nitrogens with zero attached hydrogens (tertiary/aromatic N) is 4. The summed E-state index contributed by atoms with van der Waals surface area (Å²) in [5.41, 5.74) is 3.01. The zero-order chi connectivity index (χ0) is 50.9. The summed E-state index contributed by atoms with van der Waals surface area (Å²) in [6, 6.07) is 17.9. The Balaban J connectivity index is 0.780. The van der Waals surface area contributed by atoms with Gasteiger partial charge in [-0.15, -0.1) is 0 Å². The van der Waals surface area contributed by atoms with Gasteiger partial charge >= 0.3 is 11.7 Å². The van der Waals surface area contributed by atoms with E-state index in [4.69, 9.17) is 28.4 Å². The van der Waals surface area contributed by atoms with Crippen LogP contribution < -0.4 is 31.2 Å². The minimum Gasteiger partial charge on any atom is -0.422 e. The Kier molecular flexibility index (Phi) is 19.9. The Bertz CT molecular complexity index is 2980. The summed E-state index contributed by atoms with van der Waals surface area (Å²) in [5, 5.41) is 6.89. The van der Waals surface area contributed by atoms with Crippen molar-refractivity contribution >= 4 is 60.9 Å². The van der Waals surface area contributed by atoms with E-state index in [1.54, 1.807) is 33.0 Å². The van der Waals surface area contributed by atoms with Crippen molar-refractivity contribution < 1.29 is 60.3 Å². The number of aryl methyl sites for hydroxylation is 5. The van der Waals surface area contributed by atoms with Crippen molar-refractivity contribution in [2.75, 3.05) is 84.9 Å². The molecule has 22 heteroatoms. The van der Waals surface area contributed by atoms with Crippen LogP contribution in [0.15, 0.2) is 70.3 Å². The number of imidazole rings is 1. The topological polar surface area (TPSA) is 262 Å². The molecular weight excluding hydrogens is 943 g/mol. The molecule has 0 aliphatic carbocycles. The molecule has 3 aromatic carbocycles. The summed E-state index contributed by atoms with van der Waals surface area (Å²) in [7, 11) is -1.18. The summed E-state index contributed by atoms with van der Waals surface area (Å²) < 4.78 is 70.2. The van der Waals surface area contributed by atoms with E-state index in [9.17, 15) is 36.9 Å². The Labute approximate surface area is 410 Å². The van der Waals surface area contributed by atoms with Crippen LogP contribution in [0.4, 0.5) is 0 Å². The van der Waals surface area contributed by atoms with Crippen LogP contribution in [0.3, 0.4) is 0 Å². The predicted molar refractivity (Wildman–Crippen MR) is 263 cm³/mol. The van der Waals surface area contributed by atoms with Crippen molar-refractivity contribution in [3.05, 3.63) is 110 Å². The smallest absolute Gasteiger partial charge is 0.345 e. The number of esters is 1. The monoisotopic (exact) mass is 1000 g/mol. The molecule has 4 N–H and O–H groups in total. The average Bonchev–Trinajstić information content (AvgIpc) is 3.78. The highest BCUT2D eigenvalue weighted by atomic mass is 32.2. The van der Waals surface area contributed by atoms with Crippen molar-refractivity contribution in [3.8, 4) is 5.75 Å². The lowest BCUT2D eigenvalue weighted by molar-refractivity contribution is -0.645. The van der Waals surface area contributed by atoms with Gasteiger partial charge in [0.1, 0.15) is 17.1 Å². The fraction of sp³-hybridized carbons (Fsp3) is 0.449. The van der Waals surface area contributed by atoms with Crippen LogP contribution in [0.2, 0.25) is 0 Å². The lowest BCUT2D eigenvalue weighted by Crippen LogP contribution is -2.37. The van der Waals surface area contributed by atoms with E-state index >= 15 is 0 Å². The number of benzene rings is 3. The third kappa shape index (κ3) is 15.1. The zero-order valence-electron chi connectivity index (χ0n) is 40.5. The summed E-state index contributed by atoms with van der Waals surface area (Å²) in [6.45, 7) is 8.04. The van der Waals surface area contributed by atoms with Gasteiger partial charge in [0, 0.05) is 64.1 Å². The van der Waals surface area contributed by atoms with E-state index in [1.165, 1.54) is 11.6 Å². The summed E-state index contributed by atoms with van der Waals surface area (Å²) in [4.78, 5) is 71.0. The second-order valence-electron chi connectivity index (χ2n) is 16.6. The molecule has 0 bridgehead atoms. The van der Waals surface area contributed by atoms with Crippen molar-refractivity contribution in [1.82, 2.24) is 29.7 Å². The first-order chi connectivity index (χ1) is 34.1. The summed E-state index contributed by atoms with van der Waals surface area (Å²) >= 11 is 0. The fourth-order valence-electron chi connectivity index (χ4n) is 7.95. The van der Waals surface area contributed by atoms with Gasteiger partial charge in [0.15, 0.2) is 12.2 Å². The maximum Gasteiger partial charge on any atom is 0.345 e. The molecule has 382 valence electrons. The lowest BCUT2D eigenvalue weighted by atomic mass is 10.0. The van der Waals surface area contributed by atoms with Crippen molar-refractivity contribution in [2.24, 2.45) is 14.1 Å². The molecule has 3 aromatic heterocycles. The molecule has 2 amide bonds. The third-order valence-electron chi connectivity index (χ3n) is 11.4. The second-order valence-corrected chi connectivity index (χ2v) is 18.2. The molecule has 0 spiro atoms. The van der Waals surface area contributed by atoms with Gasteiger partial charge in [0.05, 0.1) is 88.2 Å². The number of H-pyrrole nitrogens is 1. The van der Waals surface area contributed by atoms with Crippen LogP contribution in [0, 0.1) is 13.8 Å². The third-order valence-corrected chi connectivity index (χ3v) is 12.2. The molecule has 0 atom stereocenters. The number of hydrogen-bond donors (Lipinski definition) is 4. The molecule has 3 heterocycles. The highest BCUT2D eigenvalue weighted by Crippen LogP contribution is 2.30. The van der Waals surface area contributed by atoms with E-state index in [0.717, 1.165) is 4.57 Å². The van der Waals surface area contributed by atoms with Crippen LogP contribution in [0.1, 0.15) is 56.9 Å². The molecule has 21 nitrogen and oxygen atoms in total. The number of rotatable bonds is 29. The molecule has 0 aliphatic rings. The number of para-hydroxylation sites is 2. The number of hydrogen-bond acceptors (Lipinski definition) is 14. The maximum absolute atomic E-state index is 14.0. The zero-order valence-corrected chi connectivity index (χ0v) is 41.3. The van der Waals surface area contributed by atoms with Gasteiger partial charge in [-0.1, -0.05) is 24.3 Å². The summed E-state index contributed by atoms with van der Waals surface area (Å²) in [5.74, 6) is -0.531. The van der Waals surface area contributed by atoms with Gasteiger partial charge in [-0.3, -0.25) is 28.1 Å². The number of carbonyl (C=O) groups excluding carboxylic acids is 3. The molecular formula is C49H62N7O14S+. The molecule has 0 radical (unpaired) electrons. The number of aromatic amines is 1. The minimum absolute atomic E-state index is 0.127. The van der Waals surface area contributed by atoms with Crippen molar-refractivity contribution in [2.45, 2.75) is 46.1 Å². The number of nitrogens with one attached hydrogen (secondary N) is 3.